The van der Waals surface area contributed by atoms with Gasteiger partial charge in [0.25, 0.3) is 0 Å². The van der Waals surface area contributed by atoms with E-state index in [0.29, 0.717) is 19.4 Å². The van der Waals surface area contributed by atoms with Crippen molar-refractivity contribution in [3.05, 3.63) is 25.3 Å². The molecule has 7 nitrogen and oxygen atoms in total. The van der Waals surface area contributed by atoms with E-state index in [2.05, 4.69) is 13.2 Å². The number of hydrogen-bond acceptors (Lipinski definition) is 5. The highest BCUT2D eigenvalue weighted by Crippen LogP contribution is 2.38. The van der Waals surface area contributed by atoms with Gasteiger partial charge in [0.15, 0.2) is 0 Å². The number of amides is 2. The Hall–Kier alpha value is -2.31. The Balaban J connectivity index is 2.42. The lowest BCUT2D eigenvalue weighted by Gasteiger charge is -2.36. The van der Waals surface area contributed by atoms with E-state index in [-0.39, 0.29) is 23.8 Å². The minimum atomic E-state index is -0.773. The van der Waals surface area contributed by atoms with E-state index in [4.69, 9.17) is 9.47 Å². The van der Waals surface area contributed by atoms with Crippen LogP contribution in [0.25, 0.3) is 0 Å². The first kappa shape index (κ1) is 25.9. The van der Waals surface area contributed by atoms with Crippen LogP contribution in [0.3, 0.4) is 0 Å². The third-order valence-corrected chi connectivity index (χ3v) is 5.99. The number of likely N-dealkylation sites (tertiary alicyclic amines) is 2. The Morgan fingerprint density at radius 3 is 2.06 bits per heavy atom. The molecule has 0 spiro atoms. The molecule has 2 aliphatic rings. The molecule has 0 saturated carbocycles. The van der Waals surface area contributed by atoms with Crippen molar-refractivity contribution >= 4 is 18.0 Å². The van der Waals surface area contributed by atoms with Crippen molar-refractivity contribution in [2.24, 2.45) is 11.8 Å². The lowest BCUT2D eigenvalue weighted by Crippen LogP contribution is -2.56. The third-order valence-electron chi connectivity index (χ3n) is 5.99. The molecule has 0 unspecified atom stereocenters. The highest BCUT2D eigenvalue weighted by atomic mass is 16.6. The third kappa shape index (κ3) is 5.73. The average molecular weight is 449 g/mol. The van der Waals surface area contributed by atoms with Gasteiger partial charge in [-0.05, 0) is 60.3 Å². The summed E-state index contributed by atoms with van der Waals surface area (Å²) in [7, 11) is 0. The highest BCUT2D eigenvalue weighted by Gasteiger charge is 2.52. The first-order valence-electron chi connectivity index (χ1n) is 11.5. The lowest BCUT2D eigenvalue weighted by atomic mass is 9.95. The smallest absolute Gasteiger partial charge is 0.410 e. The van der Waals surface area contributed by atoms with Crippen LogP contribution in [-0.2, 0) is 19.1 Å². The van der Waals surface area contributed by atoms with Gasteiger partial charge in [-0.25, -0.2) is 9.59 Å². The molecular formula is C25H40N2O5. The second-order valence-electron chi connectivity index (χ2n) is 10.7. The number of esters is 1. The van der Waals surface area contributed by atoms with Crippen molar-refractivity contribution in [3.8, 4) is 0 Å². The molecule has 2 amide bonds. The summed E-state index contributed by atoms with van der Waals surface area (Å²) in [6.45, 7) is 21.1. The van der Waals surface area contributed by atoms with E-state index in [1.165, 1.54) is 4.90 Å². The Morgan fingerprint density at radius 2 is 1.59 bits per heavy atom. The van der Waals surface area contributed by atoms with Crippen molar-refractivity contribution in [2.45, 2.75) is 97.1 Å². The minimum absolute atomic E-state index is 0.0903. The number of nitrogens with zero attached hydrogens (tertiary/aromatic N) is 2. The van der Waals surface area contributed by atoms with Crippen molar-refractivity contribution < 1.29 is 23.9 Å². The highest BCUT2D eigenvalue weighted by molar-refractivity contribution is 5.91. The van der Waals surface area contributed by atoms with Gasteiger partial charge >= 0.3 is 12.1 Å². The number of carbonyl (C=O) groups is 3. The Kier molecular flexibility index (Phi) is 7.84. The first-order chi connectivity index (χ1) is 14.7. The zero-order valence-corrected chi connectivity index (χ0v) is 20.7. The summed E-state index contributed by atoms with van der Waals surface area (Å²) in [5, 5.41) is 0. The molecule has 32 heavy (non-hydrogen) atoms. The molecule has 2 heterocycles. The van der Waals surface area contributed by atoms with Gasteiger partial charge in [-0.2, -0.15) is 0 Å². The van der Waals surface area contributed by atoms with Crippen molar-refractivity contribution in [1.29, 1.82) is 0 Å². The zero-order valence-electron chi connectivity index (χ0n) is 20.7. The van der Waals surface area contributed by atoms with Gasteiger partial charge < -0.3 is 14.4 Å². The number of hydrogen-bond donors (Lipinski definition) is 0. The van der Waals surface area contributed by atoms with Crippen LogP contribution in [0.2, 0.25) is 0 Å². The van der Waals surface area contributed by atoms with Crippen LogP contribution in [0.15, 0.2) is 25.3 Å². The monoisotopic (exact) mass is 448 g/mol. The first-order valence-corrected chi connectivity index (χ1v) is 11.5. The van der Waals surface area contributed by atoms with Gasteiger partial charge in [-0.15, -0.1) is 13.2 Å². The van der Waals surface area contributed by atoms with Gasteiger partial charge in [-0.3, -0.25) is 9.69 Å². The molecule has 2 rings (SSSR count). The van der Waals surface area contributed by atoms with E-state index in [1.54, 1.807) is 37.8 Å². The standard InChI is InChI=1S/C25H40N2O5/c1-10-16-13-14-26(23(30)32-25(7,8)9)20(16)21(28)27-18(12-3)17(11-2)15-19(27)22(29)31-24(4,5)6/h10,12,16-20H,1,3,11,13-15H2,2,4-9H3/t16-,17+,18-,19-,20-/m0/s1. The van der Waals surface area contributed by atoms with Gasteiger partial charge in [0.1, 0.15) is 23.3 Å². The maximum absolute atomic E-state index is 14.0. The number of ether oxygens (including phenoxy) is 2. The molecule has 2 aliphatic heterocycles. The Morgan fingerprint density at radius 1 is 1.00 bits per heavy atom. The van der Waals surface area contributed by atoms with Crippen LogP contribution in [-0.4, -0.2) is 63.6 Å². The van der Waals surface area contributed by atoms with Crippen LogP contribution >= 0.6 is 0 Å². The largest absolute Gasteiger partial charge is 0.458 e. The van der Waals surface area contributed by atoms with Crippen LogP contribution in [0.4, 0.5) is 4.79 Å². The van der Waals surface area contributed by atoms with Crippen molar-refractivity contribution in [1.82, 2.24) is 9.80 Å². The Labute approximate surface area is 192 Å². The fourth-order valence-electron chi connectivity index (χ4n) is 4.63. The van der Waals surface area contributed by atoms with Gasteiger partial charge in [0.2, 0.25) is 5.91 Å². The molecule has 0 bridgehead atoms. The summed E-state index contributed by atoms with van der Waals surface area (Å²) in [6.07, 6.45) is 4.82. The van der Waals surface area contributed by atoms with Gasteiger partial charge in [0.05, 0.1) is 6.04 Å². The SMILES string of the molecule is C=C[C@H]1CCN(C(=O)OC(C)(C)C)[C@@H]1C(=O)N1[C@H](C(=O)OC(C)(C)C)C[C@@H](CC)[C@@H]1C=C. The molecule has 2 saturated heterocycles. The fourth-order valence-corrected chi connectivity index (χ4v) is 4.63. The van der Waals surface area contributed by atoms with E-state index in [9.17, 15) is 14.4 Å². The predicted octanol–water partition coefficient (Wildman–Crippen LogP) is 4.32. The molecule has 0 aromatic heterocycles. The van der Waals surface area contributed by atoms with Gasteiger partial charge in [-0.1, -0.05) is 25.5 Å². The molecule has 0 aliphatic carbocycles. The molecule has 0 N–H and O–H groups in total. The van der Waals surface area contributed by atoms with Crippen LogP contribution < -0.4 is 0 Å². The summed E-state index contributed by atoms with van der Waals surface area (Å²) >= 11 is 0. The topological polar surface area (TPSA) is 76.2 Å². The summed E-state index contributed by atoms with van der Waals surface area (Å²) in [6, 6.07) is -1.80. The van der Waals surface area contributed by atoms with E-state index >= 15 is 0 Å². The van der Waals surface area contributed by atoms with E-state index in [1.807, 2.05) is 27.7 Å². The second-order valence-corrected chi connectivity index (χ2v) is 10.7. The minimum Gasteiger partial charge on any atom is -0.458 e. The van der Waals surface area contributed by atoms with Crippen molar-refractivity contribution in [3.63, 3.8) is 0 Å². The molecule has 7 heteroatoms. The number of carbonyl (C=O) groups excluding carboxylic acids is 3. The van der Waals surface area contributed by atoms with Crippen LogP contribution in [0, 0.1) is 11.8 Å². The maximum atomic E-state index is 14.0. The maximum Gasteiger partial charge on any atom is 0.410 e. The summed E-state index contributed by atoms with van der Waals surface area (Å²) < 4.78 is 11.2. The van der Waals surface area contributed by atoms with Gasteiger partial charge in [0, 0.05) is 12.5 Å². The number of rotatable bonds is 5. The summed E-state index contributed by atoms with van der Waals surface area (Å²) in [5.41, 5.74) is -1.35. The molecule has 0 aromatic carbocycles. The normalized spacial score (nSPS) is 28.4. The van der Waals surface area contributed by atoms with Crippen molar-refractivity contribution in [2.75, 3.05) is 6.54 Å². The Bertz CT molecular complexity index is 748. The average Bonchev–Trinajstić information content (AvgIpc) is 3.25. The lowest BCUT2D eigenvalue weighted by molar-refractivity contribution is -0.164. The second kappa shape index (κ2) is 9.67. The molecule has 0 aromatic rings. The molecule has 2 fully saturated rings. The fraction of sp³-hybridized carbons (Fsp3) is 0.720. The quantitative estimate of drug-likeness (QED) is 0.462. The summed E-state index contributed by atoms with van der Waals surface area (Å²) in [5.74, 6) is -0.839. The predicted molar refractivity (Wildman–Crippen MR) is 124 cm³/mol. The van der Waals surface area contributed by atoms with E-state index < -0.39 is 35.3 Å². The van der Waals surface area contributed by atoms with Crippen LogP contribution in [0.5, 0.6) is 0 Å². The molecule has 0 radical (unpaired) electrons. The molecule has 5 atom stereocenters. The summed E-state index contributed by atoms with van der Waals surface area (Å²) in [4.78, 5) is 43.1. The zero-order chi connectivity index (χ0) is 24.4. The molecular weight excluding hydrogens is 408 g/mol. The molecule has 180 valence electrons. The van der Waals surface area contributed by atoms with Crippen LogP contribution in [0.1, 0.15) is 67.7 Å². The van der Waals surface area contributed by atoms with E-state index in [0.717, 1.165) is 6.42 Å².